The standard InChI is InChI=1S/C19H16N2O/c20-16-9-6-13(7-10-16)15-8-11-18(21)17(12-15)19(22)14-4-2-1-3-5-14/h1-12H,20-21H2. The van der Waals surface area contributed by atoms with Crippen molar-refractivity contribution in [3.63, 3.8) is 0 Å². The maximum atomic E-state index is 12.6. The van der Waals surface area contributed by atoms with E-state index in [1.54, 1.807) is 18.2 Å². The van der Waals surface area contributed by atoms with E-state index in [4.69, 9.17) is 11.5 Å². The third kappa shape index (κ3) is 2.69. The minimum Gasteiger partial charge on any atom is -0.399 e. The molecule has 0 atom stereocenters. The van der Waals surface area contributed by atoms with Crippen molar-refractivity contribution < 1.29 is 4.79 Å². The highest BCUT2D eigenvalue weighted by Gasteiger charge is 2.13. The molecule has 3 aromatic rings. The Hall–Kier alpha value is -3.07. The Morgan fingerprint density at radius 1 is 0.727 bits per heavy atom. The van der Waals surface area contributed by atoms with Crippen molar-refractivity contribution in [3.05, 3.63) is 83.9 Å². The molecule has 0 unspecified atom stereocenters. The second kappa shape index (κ2) is 5.74. The zero-order valence-electron chi connectivity index (χ0n) is 12.0. The second-order valence-corrected chi connectivity index (χ2v) is 5.12. The first kappa shape index (κ1) is 13.9. The van der Waals surface area contributed by atoms with Gasteiger partial charge in [0.1, 0.15) is 0 Å². The lowest BCUT2D eigenvalue weighted by molar-refractivity contribution is 0.103. The summed E-state index contributed by atoms with van der Waals surface area (Å²) in [5.74, 6) is -0.0737. The molecule has 4 N–H and O–H groups in total. The molecule has 0 amide bonds. The highest BCUT2D eigenvalue weighted by atomic mass is 16.1. The first-order valence-electron chi connectivity index (χ1n) is 7.00. The summed E-state index contributed by atoms with van der Waals surface area (Å²) in [6.45, 7) is 0. The Morgan fingerprint density at radius 2 is 1.36 bits per heavy atom. The number of benzene rings is 3. The molecule has 3 heteroatoms. The van der Waals surface area contributed by atoms with Gasteiger partial charge in [0.05, 0.1) is 0 Å². The van der Waals surface area contributed by atoms with Gasteiger partial charge in [0, 0.05) is 22.5 Å². The van der Waals surface area contributed by atoms with E-state index in [9.17, 15) is 4.79 Å². The fourth-order valence-corrected chi connectivity index (χ4v) is 2.35. The smallest absolute Gasteiger partial charge is 0.195 e. The van der Waals surface area contributed by atoms with Gasteiger partial charge in [0.2, 0.25) is 0 Å². The highest BCUT2D eigenvalue weighted by Crippen LogP contribution is 2.26. The fourth-order valence-electron chi connectivity index (χ4n) is 2.35. The zero-order valence-corrected chi connectivity index (χ0v) is 12.0. The van der Waals surface area contributed by atoms with Gasteiger partial charge in [-0.3, -0.25) is 4.79 Å². The molecule has 0 aliphatic heterocycles. The van der Waals surface area contributed by atoms with Crippen LogP contribution < -0.4 is 11.5 Å². The van der Waals surface area contributed by atoms with Gasteiger partial charge >= 0.3 is 0 Å². The molecule has 3 rings (SSSR count). The second-order valence-electron chi connectivity index (χ2n) is 5.12. The summed E-state index contributed by atoms with van der Waals surface area (Å²) in [5.41, 5.74) is 16.0. The lowest BCUT2D eigenvalue weighted by Gasteiger charge is -2.09. The van der Waals surface area contributed by atoms with E-state index in [2.05, 4.69) is 0 Å². The van der Waals surface area contributed by atoms with E-state index >= 15 is 0 Å². The molecule has 0 spiro atoms. The minimum absolute atomic E-state index is 0.0737. The van der Waals surface area contributed by atoms with E-state index in [-0.39, 0.29) is 5.78 Å². The molecule has 0 fully saturated rings. The van der Waals surface area contributed by atoms with Gasteiger partial charge in [-0.2, -0.15) is 0 Å². The van der Waals surface area contributed by atoms with Gasteiger partial charge < -0.3 is 11.5 Å². The Balaban J connectivity index is 2.04. The molecule has 0 bridgehead atoms. The molecular formula is C19H16N2O. The summed E-state index contributed by atoms with van der Waals surface area (Å²) in [6.07, 6.45) is 0. The number of ketones is 1. The highest BCUT2D eigenvalue weighted by molar-refractivity contribution is 6.12. The number of anilines is 2. The van der Waals surface area contributed by atoms with Crippen LogP contribution >= 0.6 is 0 Å². The Bertz CT molecular complexity index is 809. The molecular weight excluding hydrogens is 272 g/mol. The summed E-state index contributed by atoms with van der Waals surface area (Å²) in [5, 5.41) is 0. The first-order chi connectivity index (χ1) is 10.6. The predicted molar refractivity (Wildman–Crippen MR) is 90.6 cm³/mol. The molecule has 0 radical (unpaired) electrons. The Kier molecular flexibility index (Phi) is 3.62. The molecule has 3 aromatic carbocycles. The van der Waals surface area contributed by atoms with Crippen LogP contribution in [0.15, 0.2) is 72.8 Å². The van der Waals surface area contributed by atoms with Crippen LogP contribution in [0, 0.1) is 0 Å². The number of carbonyl (C=O) groups is 1. The van der Waals surface area contributed by atoms with Crippen molar-refractivity contribution in [2.45, 2.75) is 0 Å². The van der Waals surface area contributed by atoms with Gasteiger partial charge in [-0.15, -0.1) is 0 Å². The molecule has 3 nitrogen and oxygen atoms in total. The van der Waals surface area contributed by atoms with Crippen molar-refractivity contribution in [1.29, 1.82) is 0 Å². The zero-order chi connectivity index (χ0) is 15.5. The summed E-state index contributed by atoms with van der Waals surface area (Å²) in [6, 6.07) is 22.2. The summed E-state index contributed by atoms with van der Waals surface area (Å²) in [7, 11) is 0. The van der Waals surface area contributed by atoms with E-state index < -0.39 is 0 Å². The number of hydrogen-bond donors (Lipinski definition) is 2. The van der Waals surface area contributed by atoms with Crippen molar-refractivity contribution in [2.75, 3.05) is 11.5 Å². The minimum atomic E-state index is -0.0737. The molecule has 0 aliphatic carbocycles. The monoisotopic (exact) mass is 288 g/mol. The Labute approximate surface area is 129 Å². The number of nitrogen functional groups attached to an aromatic ring is 2. The fraction of sp³-hybridized carbons (Fsp3) is 0. The van der Waals surface area contributed by atoms with Gasteiger partial charge in [-0.25, -0.2) is 0 Å². The van der Waals surface area contributed by atoms with Gasteiger partial charge in [0.25, 0.3) is 0 Å². The van der Waals surface area contributed by atoms with Crippen LogP contribution in [0.1, 0.15) is 15.9 Å². The average molecular weight is 288 g/mol. The van der Waals surface area contributed by atoms with Gasteiger partial charge in [0.15, 0.2) is 5.78 Å². The van der Waals surface area contributed by atoms with Crippen molar-refractivity contribution in [3.8, 4) is 11.1 Å². The van der Waals surface area contributed by atoms with Crippen LogP contribution in [-0.2, 0) is 0 Å². The molecule has 108 valence electrons. The number of rotatable bonds is 3. The van der Waals surface area contributed by atoms with Crippen LogP contribution in [0.25, 0.3) is 11.1 Å². The third-order valence-corrected chi connectivity index (χ3v) is 3.58. The van der Waals surface area contributed by atoms with E-state index in [1.807, 2.05) is 54.6 Å². The first-order valence-corrected chi connectivity index (χ1v) is 7.00. The SMILES string of the molecule is Nc1ccc(-c2ccc(N)c(C(=O)c3ccccc3)c2)cc1. The maximum absolute atomic E-state index is 12.6. The van der Waals surface area contributed by atoms with E-state index in [0.29, 0.717) is 22.5 Å². The van der Waals surface area contributed by atoms with Crippen LogP contribution in [0.2, 0.25) is 0 Å². The lowest BCUT2D eigenvalue weighted by atomic mass is 9.96. The predicted octanol–water partition coefficient (Wildman–Crippen LogP) is 3.75. The summed E-state index contributed by atoms with van der Waals surface area (Å²) in [4.78, 5) is 12.6. The topological polar surface area (TPSA) is 69.1 Å². The van der Waals surface area contributed by atoms with Gasteiger partial charge in [-0.1, -0.05) is 48.5 Å². The van der Waals surface area contributed by atoms with Crippen LogP contribution in [-0.4, -0.2) is 5.78 Å². The number of carbonyl (C=O) groups excluding carboxylic acids is 1. The Morgan fingerprint density at radius 3 is 2.05 bits per heavy atom. The lowest BCUT2D eigenvalue weighted by Crippen LogP contribution is -2.05. The molecule has 0 saturated carbocycles. The number of hydrogen-bond acceptors (Lipinski definition) is 3. The average Bonchev–Trinajstić information content (AvgIpc) is 2.56. The summed E-state index contributed by atoms with van der Waals surface area (Å²) >= 11 is 0. The van der Waals surface area contributed by atoms with Crippen LogP contribution in [0.4, 0.5) is 11.4 Å². The molecule has 22 heavy (non-hydrogen) atoms. The summed E-state index contributed by atoms with van der Waals surface area (Å²) < 4.78 is 0. The largest absolute Gasteiger partial charge is 0.399 e. The van der Waals surface area contributed by atoms with Gasteiger partial charge in [-0.05, 0) is 35.4 Å². The molecule has 0 aliphatic rings. The third-order valence-electron chi connectivity index (χ3n) is 3.58. The van der Waals surface area contributed by atoms with Crippen molar-refractivity contribution in [2.24, 2.45) is 0 Å². The van der Waals surface area contributed by atoms with Crippen LogP contribution in [0.5, 0.6) is 0 Å². The molecule has 0 aromatic heterocycles. The molecule has 0 heterocycles. The van der Waals surface area contributed by atoms with E-state index in [0.717, 1.165) is 11.1 Å². The van der Waals surface area contributed by atoms with Crippen molar-refractivity contribution in [1.82, 2.24) is 0 Å². The normalized spacial score (nSPS) is 10.4. The van der Waals surface area contributed by atoms with Crippen LogP contribution in [0.3, 0.4) is 0 Å². The quantitative estimate of drug-likeness (QED) is 0.569. The van der Waals surface area contributed by atoms with E-state index in [1.165, 1.54) is 0 Å². The van der Waals surface area contributed by atoms with Crippen molar-refractivity contribution >= 4 is 17.2 Å². The molecule has 0 saturated heterocycles. The maximum Gasteiger partial charge on any atom is 0.195 e. The number of nitrogens with two attached hydrogens (primary N) is 2.